The molecule has 0 aromatic rings. The first-order chi connectivity index (χ1) is 3.13. The molecule has 0 saturated carbocycles. The largest absolute Gasteiger partial charge is 0.262 e. The van der Waals surface area contributed by atoms with Gasteiger partial charge in [0.15, 0.2) is 0 Å². The van der Waals surface area contributed by atoms with Crippen LogP contribution in [-0.2, 0) is 0 Å². The molecule has 0 atom stereocenters. The molecule has 2 nitrogen and oxygen atoms in total. The Kier molecular flexibility index (Phi) is 2.96. The summed E-state index contributed by atoms with van der Waals surface area (Å²) in [5, 5.41) is 1.29. The first-order valence-electron chi connectivity index (χ1n) is 2.69. The Labute approximate surface area is 45.5 Å². The summed E-state index contributed by atoms with van der Waals surface area (Å²) in [4.78, 5) is 0. The average Bonchev–Trinajstić information content (AvgIpc) is 1.27. The number of nitrogens with one attached hydrogen (secondary N) is 2. The molecule has 2 N–H and O–H groups in total. The molecule has 0 amide bonds. The predicted molar refractivity (Wildman–Crippen MR) is 31.1 cm³/mol. The Balaban J connectivity index is 2.95. The van der Waals surface area contributed by atoms with Crippen LogP contribution in [0.25, 0.3) is 0 Å². The Morgan fingerprint density at radius 3 is 1.71 bits per heavy atom. The number of hydrogen-bond donors (Lipinski definition) is 2. The van der Waals surface area contributed by atoms with E-state index in [1.165, 1.54) is 5.01 Å². The maximum Gasteiger partial charge on any atom is 0.0839 e. The summed E-state index contributed by atoms with van der Waals surface area (Å²) >= 11 is 0. The highest BCUT2D eigenvalue weighted by molar-refractivity contribution is 4.35. The van der Waals surface area contributed by atoms with Crippen LogP contribution in [0.4, 0.5) is 0 Å². The zero-order chi connectivity index (χ0) is 5.86. The minimum absolute atomic E-state index is 0.588. The van der Waals surface area contributed by atoms with Gasteiger partial charge < -0.3 is 0 Å². The highest BCUT2D eigenvalue weighted by atomic mass is 15.5. The van der Waals surface area contributed by atoms with Crippen molar-refractivity contribution in [3.05, 3.63) is 0 Å². The molecule has 0 aliphatic carbocycles. The lowest BCUT2D eigenvalue weighted by molar-refractivity contribution is -0.909. The Bertz CT molecular complexity index is 35.3. The molecule has 0 unspecified atom stereocenters. The van der Waals surface area contributed by atoms with Crippen molar-refractivity contribution in [1.29, 1.82) is 0 Å². The molecule has 44 valence electrons. The third-order valence-electron chi connectivity index (χ3n) is 0.577. The van der Waals surface area contributed by atoms with E-state index in [9.17, 15) is 0 Å². The van der Waals surface area contributed by atoms with Crippen molar-refractivity contribution in [3.8, 4) is 0 Å². The summed E-state index contributed by atoms with van der Waals surface area (Å²) in [7, 11) is 4.14. The van der Waals surface area contributed by atoms with Gasteiger partial charge >= 0.3 is 0 Å². The number of rotatable bonds is 2. The van der Waals surface area contributed by atoms with Crippen LogP contribution in [0.2, 0.25) is 0 Å². The van der Waals surface area contributed by atoms with E-state index in [2.05, 4.69) is 33.4 Å². The molecule has 0 aliphatic rings. The smallest absolute Gasteiger partial charge is 0.0839 e. The van der Waals surface area contributed by atoms with Crippen LogP contribution in [0.15, 0.2) is 0 Å². The van der Waals surface area contributed by atoms with Crippen LogP contribution in [0.3, 0.4) is 0 Å². The molecule has 0 saturated heterocycles. The van der Waals surface area contributed by atoms with E-state index in [4.69, 9.17) is 0 Å². The Hall–Kier alpha value is -0.0800. The molecular weight excluding hydrogens is 88.1 g/mol. The third-order valence-corrected chi connectivity index (χ3v) is 0.577. The first kappa shape index (κ1) is 6.92. The van der Waals surface area contributed by atoms with Crippen LogP contribution in [0, 0.1) is 0 Å². The van der Waals surface area contributed by atoms with E-state index in [0.29, 0.717) is 6.04 Å². The molecule has 0 heterocycles. The van der Waals surface area contributed by atoms with Gasteiger partial charge in [-0.25, -0.2) is 0 Å². The monoisotopic (exact) mass is 103 g/mol. The molecule has 2 heteroatoms. The zero-order valence-electron chi connectivity index (χ0n) is 5.58. The van der Waals surface area contributed by atoms with Gasteiger partial charge in [0.25, 0.3) is 0 Å². The summed E-state index contributed by atoms with van der Waals surface area (Å²) in [6.45, 7) is 4.26. The van der Waals surface area contributed by atoms with Gasteiger partial charge in [0.1, 0.15) is 0 Å². The van der Waals surface area contributed by atoms with E-state index in [0.717, 1.165) is 0 Å². The molecule has 0 fully saturated rings. The van der Waals surface area contributed by atoms with Crippen molar-refractivity contribution in [2.75, 3.05) is 14.1 Å². The summed E-state index contributed by atoms with van der Waals surface area (Å²) < 4.78 is 0. The molecule has 0 bridgehead atoms. The highest BCUT2D eigenvalue weighted by Gasteiger charge is 1.92. The second-order valence-corrected chi connectivity index (χ2v) is 2.30. The van der Waals surface area contributed by atoms with Gasteiger partial charge in [-0.05, 0) is 13.8 Å². The van der Waals surface area contributed by atoms with Crippen molar-refractivity contribution >= 4 is 0 Å². The van der Waals surface area contributed by atoms with Gasteiger partial charge in [-0.3, -0.25) is 5.01 Å². The van der Waals surface area contributed by atoms with Crippen molar-refractivity contribution in [2.24, 2.45) is 0 Å². The molecule has 0 radical (unpaired) electrons. The summed E-state index contributed by atoms with van der Waals surface area (Å²) in [6.07, 6.45) is 0. The van der Waals surface area contributed by atoms with Gasteiger partial charge in [0, 0.05) is 6.04 Å². The molecule has 0 spiro atoms. The normalized spacial score (nSPS) is 11.1. The van der Waals surface area contributed by atoms with E-state index < -0.39 is 0 Å². The van der Waals surface area contributed by atoms with Crippen LogP contribution in [-0.4, -0.2) is 20.1 Å². The zero-order valence-corrected chi connectivity index (χ0v) is 5.58. The van der Waals surface area contributed by atoms with Gasteiger partial charge in [-0.1, -0.05) is 0 Å². The van der Waals surface area contributed by atoms with E-state index >= 15 is 0 Å². The van der Waals surface area contributed by atoms with Crippen LogP contribution < -0.4 is 10.4 Å². The standard InChI is InChI=1S/C5H14N2/c1-5(2)6-7(3)4/h5-6H,1-4H3/p+1. The fraction of sp³-hybridized carbons (Fsp3) is 1.00. The predicted octanol–water partition coefficient (Wildman–Crippen LogP) is -0.956. The summed E-state index contributed by atoms with van der Waals surface area (Å²) in [5.41, 5.74) is 3.22. The highest BCUT2D eigenvalue weighted by Crippen LogP contribution is 1.64. The van der Waals surface area contributed by atoms with Gasteiger partial charge in [-0.2, -0.15) is 5.43 Å². The lowest BCUT2D eigenvalue weighted by Crippen LogP contribution is -3.13. The van der Waals surface area contributed by atoms with Crippen LogP contribution >= 0.6 is 0 Å². The van der Waals surface area contributed by atoms with E-state index in [-0.39, 0.29) is 0 Å². The molecule has 0 aliphatic heterocycles. The fourth-order valence-corrected chi connectivity index (χ4v) is 0.577. The van der Waals surface area contributed by atoms with E-state index in [1.54, 1.807) is 0 Å². The van der Waals surface area contributed by atoms with Gasteiger partial charge in [0.05, 0.1) is 14.1 Å². The quantitative estimate of drug-likeness (QED) is 0.430. The summed E-state index contributed by atoms with van der Waals surface area (Å²) in [6, 6.07) is 0.588. The lowest BCUT2D eigenvalue weighted by Gasteiger charge is -2.10. The van der Waals surface area contributed by atoms with Crippen LogP contribution in [0.1, 0.15) is 13.8 Å². The first-order valence-corrected chi connectivity index (χ1v) is 2.69. The molecule has 7 heavy (non-hydrogen) atoms. The Morgan fingerprint density at radius 2 is 1.71 bits per heavy atom. The van der Waals surface area contributed by atoms with Crippen molar-refractivity contribution < 1.29 is 5.01 Å². The number of hydrogen-bond acceptors (Lipinski definition) is 1. The van der Waals surface area contributed by atoms with Gasteiger partial charge in [-0.15, -0.1) is 0 Å². The molecule has 0 aromatic carbocycles. The maximum absolute atomic E-state index is 3.22. The van der Waals surface area contributed by atoms with Crippen molar-refractivity contribution in [3.63, 3.8) is 0 Å². The second-order valence-electron chi connectivity index (χ2n) is 2.30. The number of quaternary nitrogens is 1. The molecule has 0 aromatic heterocycles. The minimum atomic E-state index is 0.588. The van der Waals surface area contributed by atoms with Crippen LogP contribution in [0.5, 0.6) is 0 Å². The molecular formula is C5H15N2+. The fourth-order valence-electron chi connectivity index (χ4n) is 0.577. The SMILES string of the molecule is CC(C)N[NH+](C)C. The third kappa shape index (κ3) is 5.92. The van der Waals surface area contributed by atoms with Gasteiger partial charge in [0.2, 0.25) is 0 Å². The second kappa shape index (κ2) is 2.99. The molecule has 0 rings (SSSR count). The van der Waals surface area contributed by atoms with Crippen molar-refractivity contribution in [2.45, 2.75) is 19.9 Å². The summed E-state index contributed by atoms with van der Waals surface area (Å²) in [5.74, 6) is 0. The topological polar surface area (TPSA) is 16.5 Å². The van der Waals surface area contributed by atoms with E-state index in [1.807, 2.05) is 0 Å². The maximum atomic E-state index is 3.22. The minimum Gasteiger partial charge on any atom is -0.262 e. The Morgan fingerprint density at radius 1 is 1.29 bits per heavy atom. The lowest BCUT2D eigenvalue weighted by atomic mass is 10.4. The van der Waals surface area contributed by atoms with Crippen molar-refractivity contribution in [1.82, 2.24) is 5.43 Å². The average molecular weight is 103 g/mol.